The lowest BCUT2D eigenvalue weighted by Crippen LogP contribution is -2.28. The zero-order valence-electron chi connectivity index (χ0n) is 13.4. The summed E-state index contributed by atoms with van der Waals surface area (Å²) in [5, 5.41) is 0.667. The van der Waals surface area contributed by atoms with Crippen LogP contribution in [0.5, 0.6) is 5.75 Å². The fourth-order valence-corrected chi connectivity index (χ4v) is 3.80. The Morgan fingerprint density at radius 3 is 2.50 bits per heavy atom. The molecule has 0 bridgehead atoms. The summed E-state index contributed by atoms with van der Waals surface area (Å²) in [5.41, 5.74) is -4.63. The van der Waals surface area contributed by atoms with Crippen molar-refractivity contribution in [3.05, 3.63) is 24.4 Å². The van der Waals surface area contributed by atoms with Gasteiger partial charge in [0.1, 0.15) is 0 Å². The van der Waals surface area contributed by atoms with Gasteiger partial charge in [0, 0.05) is 23.1 Å². The Labute approximate surface area is 143 Å². The van der Waals surface area contributed by atoms with Crippen LogP contribution in [-0.2, 0) is 10.1 Å². The highest BCUT2D eigenvalue weighted by Crippen LogP contribution is 2.39. The molecule has 0 fully saturated rings. The summed E-state index contributed by atoms with van der Waals surface area (Å²) in [7, 11) is -5.69. The molecule has 2 aromatic rings. The van der Waals surface area contributed by atoms with Crippen molar-refractivity contribution in [2.45, 2.75) is 43.1 Å². The molecule has 134 valence electrons. The molecule has 9 heteroatoms. The SMILES string of the molecule is CCCC(C)n1ccc2c(SC)c(OS(=O)(=O)C(F)(F)F)ccc21. The molecule has 0 saturated carbocycles. The molecule has 1 aromatic heterocycles. The molecule has 0 aliphatic heterocycles. The van der Waals surface area contributed by atoms with Gasteiger partial charge in [0.15, 0.2) is 5.75 Å². The van der Waals surface area contributed by atoms with Crippen molar-refractivity contribution in [2.24, 2.45) is 0 Å². The van der Waals surface area contributed by atoms with Crippen molar-refractivity contribution in [2.75, 3.05) is 6.26 Å². The maximum Gasteiger partial charge on any atom is 0.534 e. The first-order valence-corrected chi connectivity index (χ1v) is 9.94. The summed E-state index contributed by atoms with van der Waals surface area (Å²) < 4.78 is 66.5. The summed E-state index contributed by atoms with van der Waals surface area (Å²) in [4.78, 5) is 0.364. The van der Waals surface area contributed by atoms with Crippen LogP contribution in [0.4, 0.5) is 13.2 Å². The molecule has 1 aromatic carbocycles. The maximum atomic E-state index is 12.5. The third-order valence-electron chi connectivity index (χ3n) is 3.69. The van der Waals surface area contributed by atoms with Crippen molar-refractivity contribution in [3.8, 4) is 5.75 Å². The predicted octanol–water partition coefficient (Wildman–Crippen LogP) is 4.95. The van der Waals surface area contributed by atoms with Gasteiger partial charge in [-0.25, -0.2) is 0 Å². The zero-order valence-corrected chi connectivity index (χ0v) is 15.1. The summed E-state index contributed by atoms with van der Waals surface area (Å²) in [6.45, 7) is 4.13. The van der Waals surface area contributed by atoms with E-state index in [-0.39, 0.29) is 11.8 Å². The molecular formula is C15H18F3NO3S2. The average molecular weight is 381 g/mol. The van der Waals surface area contributed by atoms with Gasteiger partial charge in [0.25, 0.3) is 0 Å². The smallest absolute Gasteiger partial charge is 0.375 e. The van der Waals surface area contributed by atoms with E-state index in [9.17, 15) is 21.6 Å². The van der Waals surface area contributed by atoms with Gasteiger partial charge in [-0.3, -0.25) is 0 Å². The minimum atomic E-state index is -5.69. The lowest BCUT2D eigenvalue weighted by Gasteiger charge is -2.16. The molecule has 4 nitrogen and oxygen atoms in total. The molecule has 1 unspecified atom stereocenters. The number of hydrogen-bond acceptors (Lipinski definition) is 4. The first-order chi connectivity index (χ1) is 11.1. The molecule has 1 atom stereocenters. The van der Waals surface area contributed by atoms with E-state index < -0.39 is 15.6 Å². The molecule has 0 radical (unpaired) electrons. The minimum absolute atomic E-state index is 0.230. The van der Waals surface area contributed by atoms with Gasteiger partial charge >= 0.3 is 15.6 Å². The van der Waals surface area contributed by atoms with Crippen molar-refractivity contribution in [3.63, 3.8) is 0 Å². The summed E-state index contributed by atoms with van der Waals surface area (Å²) >= 11 is 1.14. The van der Waals surface area contributed by atoms with E-state index in [0.717, 1.165) is 30.1 Å². The van der Waals surface area contributed by atoms with E-state index in [1.807, 2.05) is 10.8 Å². The van der Waals surface area contributed by atoms with E-state index >= 15 is 0 Å². The van der Waals surface area contributed by atoms with Gasteiger partial charge in [-0.2, -0.15) is 21.6 Å². The summed E-state index contributed by atoms with van der Waals surface area (Å²) in [5.74, 6) is -0.312. The van der Waals surface area contributed by atoms with Crippen LogP contribution in [0.2, 0.25) is 0 Å². The Morgan fingerprint density at radius 2 is 1.96 bits per heavy atom. The van der Waals surface area contributed by atoms with E-state index in [0.29, 0.717) is 10.3 Å². The van der Waals surface area contributed by atoms with Gasteiger partial charge in [0.2, 0.25) is 0 Å². The van der Waals surface area contributed by atoms with Crippen LogP contribution in [0.1, 0.15) is 32.7 Å². The largest absolute Gasteiger partial charge is 0.534 e. The Kier molecular flexibility index (Phi) is 5.44. The number of thioether (sulfide) groups is 1. The molecule has 0 saturated heterocycles. The van der Waals surface area contributed by atoms with Gasteiger partial charge < -0.3 is 8.75 Å². The van der Waals surface area contributed by atoms with E-state index in [1.165, 1.54) is 6.07 Å². The second kappa shape index (κ2) is 6.87. The summed E-state index contributed by atoms with van der Waals surface area (Å²) in [6, 6.07) is 4.85. The van der Waals surface area contributed by atoms with Gasteiger partial charge in [-0.1, -0.05) is 13.3 Å². The molecule has 0 N–H and O–H groups in total. The Hall–Kier alpha value is -1.35. The monoisotopic (exact) mass is 381 g/mol. The van der Waals surface area contributed by atoms with Crippen LogP contribution in [-0.4, -0.2) is 24.7 Å². The fraction of sp³-hybridized carbons (Fsp3) is 0.467. The second-order valence-corrected chi connectivity index (χ2v) is 7.73. The second-order valence-electron chi connectivity index (χ2n) is 5.37. The average Bonchev–Trinajstić information content (AvgIpc) is 2.89. The molecule has 0 aliphatic rings. The van der Waals surface area contributed by atoms with Crippen LogP contribution in [0.25, 0.3) is 10.9 Å². The minimum Gasteiger partial charge on any atom is -0.375 e. The first-order valence-electron chi connectivity index (χ1n) is 7.30. The van der Waals surface area contributed by atoms with Gasteiger partial charge in [-0.05, 0) is 37.8 Å². The highest BCUT2D eigenvalue weighted by molar-refractivity contribution is 7.99. The topological polar surface area (TPSA) is 48.3 Å². The van der Waals surface area contributed by atoms with E-state index in [1.54, 1.807) is 18.4 Å². The number of halogens is 3. The van der Waals surface area contributed by atoms with E-state index in [2.05, 4.69) is 18.0 Å². The van der Waals surface area contributed by atoms with Crippen molar-refractivity contribution >= 4 is 32.8 Å². The molecule has 2 rings (SSSR count). The van der Waals surface area contributed by atoms with Gasteiger partial charge in [0.05, 0.1) is 4.90 Å². The molecular weight excluding hydrogens is 363 g/mol. The van der Waals surface area contributed by atoms with Crippen molar-refractivity contribution in [1.82, 2.24) is 4.57 Å². The number of alkyl halides is 3. The van der Waals surface area contributed by atoms with Crippen LogP contribution < -0.4 is 4.18 Å². The number of hydrogen-bond donors (Lipinski definition) is 0. The third-order valence-corrected chi connectivity index (χ3v) is 5.48. The quantitative estimate of drug-likeness (QED) is 0.403. The molecule has 24 heavy (non-hydrogen) atoms. The lowest BCUT2D eigenvalue weighted by molar-refractivity contribution is -0.0500. The van der Waals surface area contributed by atoms with Crippen LogP contribution in [0.15, 0.2) is 29.3 Å². The molecule has 1 heterocycles. The van der Waals surface area contributed by atoms with Crippen LogP contribution in [0.3, 0.4) is 0 Å². The van der Waals surface area contributed by atoms with Crippen LogP contribution >= 0.6 is 11.8 Å². The zero-order chi connectivity index (χ0) is 18.1. The fourth-order valence-electron chi connectivity index (χ4n) is 2.57. The van der Waals surface area contributed by atoms with Crippen molar-refractivity contribution < 1.29 is 25.8 Å². The van der Waals surface area contributed by atoms with Gasteiger partial charge in [-0.15, -0.1) is 11.8 Å². The maximum absolute atomic E-state index is 12.5. The Morgan fingerprint density at radius 1 is 1.29 bits per heavy atom. The highest BCUT2D eigenvalue weighted by Gasteiger charge is 2.48. The third kappa shape index (κ3) is 3.51. The number of aromatic nitrogens is 1. The number of nitrogens with zero attached hydrogens (tertiary/aromatic N) is 1. The standard InChI is InChI=1S/C15H18F3NO3S2/c1-4-5-10(2)19-9-8-11-12(19)6-7-13(14(11)23-3)22-24(20,21)15(16,17)18/h6-10H,4-5H2,1-3H3. The normalized spacial score (nSPS) is 14.1. The van der Waals surface area contributed by atoms with E-state index in [4.69, 9.17) is 0 Å². The number of rotatable bonds is 6. The molecule has 0 spiro atoms. The van der Waals surface area contributed by atoms with Crippen LogP contribution in [0, 0.1) is 0 Å². The molecule has 0 aliphatic carbocycles. The first kappa shape index (κ1) is 19.0. The predicted molar refractivity (Wildman–Crippen MR) is 88.9 cm³/mol. The molecule has 0 amide bonds. The highest BCUT2D eigenvalue weighted by atomic mass is 32.2. The number of benzene rings is 1. The number of fused-ring (bicyclic) bond motifs is 1. The van der Waals surface area contributed by atoms with Crippen molar-refractivity contribution in [1.29, 1.82) is 0 Å². The Balaban J connectivity index is 2.52. The summed E-state index contributed by atoms with van der Waals surface area (Å²) in [6.07, 6.45) is 5.47. The Bertz CT molecular complexity index is 828. The lowest BCUT2D eigenvalue weighted by atomic mass is 10.2.